The van der Waals surface area contributed by atoms with Crippen LogP contribution in [0.2, 0.25) is 35.2 Å². The molecule has 0 aliphatic rings. The summed E-state index contributed by atoms with van der Waals surface area (Å²) in [6.07, 6.45) is 0. The van der Waals surface area contributed by atoms with Crippen molar-refractivity contribution in [3.8, 4) is 11.1 Å². The Morgan fingerprint density at radius 3 is 1.26 bits per heavy atom. The van der Waals surface area contributed by atoms with Crippen LogP contribution in [-0.2, 0) is 0 Å². The lowest BCUT2D eigenvalue weighted by molar-refractivity contribution is 1.61. The van der Waals surface area contributed by atoms with Crippen molar-refractivity contribution in [2.75, 3.05) is 0 Å². The summed E-state index contributed by atoms with van der Waals surface area (Å²) in [5.74, 6) is 0. The zero-order chi connectivity index (χ0) is 14.3. The van der Waals surface area contributed by atoms with Gasteiger partial charge in [-0.3, -0.25) is 0 Å². The van der Waals surface area contributed by atoms with Crippen molar-refractivity contribution in [3.05, 3.63) is 53.4 Å². The molecule has 2 aromatic carbocycles. The molecule has 0 amide bonds. The summed E-state index contributed by atoms with van der Waals surface area (Å²) in [6, 6.07) is 5.02. The number of hydrogen-bond acceptors (Lipinski definition) is 0. The van der Waals surface area contributed by atoms with Gasteiger partial charge in [-0.15, -0.1) is 0 Å². The first-order valence-corrected chi connectivity index (χ1v) is 7.46. The van der Waals surface area contributed by atoms with Gasteiger partial charge in [0.1, 0.15) is 0 Å². The Balaban J connectivity index is 2.92. The second-order valence-corrected chi connectivity index (χ2v) is 6.25. The summed E-state index contributed by atoms with van der Waals surface area (Å²) in [5.41, 5.74) is 0.819. The molecule has 0 aliphatic carbocycles. The Labute approximate surface area is 145 Å². The summed E-state index contributed by atoms with van der Waals surface area (Å²) >= 11 is 42.6. The zero-order valence-corrected chi connectivity index (χ0v) is 14.2. The number of rotatable bonds is 1. The molecule has 19 heavy (non-hydrogen) atoms. The Kier molecular flexibility index (Phi) is 5.07. The fourth-order valence-corrected chi connectivity index (χ4v) is 3.47. The van der Waals surface area contributed by atoms with Crippen LogP contribution in [0, 0.1) is 0 Å². The highest BCUT2D eigenvalue weighted by Gasteiger charge is 2.23. The van der Waals surface area contributed by atoms with Crippen LogP contribution in [0.15, 0.2) is 18.2 Å². The molecule has 0 bridgehead atoms. The van der Waals surface area contributed by atoms with Crippen molar-refractivity contribution in [2.24, 2.45) is 0 Å². The second-order valence-electron chi connectivity index (χ2n) is 3.54. The SMILES string of the molecule is Clc1cccc(Cl)c1-c1c(Cl)c(Cl)c(Cl)c(Cl)c1Cl. The average molecular weight is 395 g/mol. The number of hydrogen-bond donors (Lipinski definition) is 0. The summed E-state index contributed by atoms with van der Waals surface area (Å²) in [4.78, 5) is 0. The van der Waals surface area contributed by atoms with Crippen molar-refractivity contribution < 1.29 is 0 Å². The maximum absolute atomic E-state index is 6.18. The second kappa shape index (κ2) is 6.07. The first-order valence-electron chi connectivity index (χ1n) is 4.82. The molecular weight excluding hydrogens is 392 g/mol. The molecule has 0 fully saturated rings. The molecule has 7 heteroatoms. The fraction of sp³-hybridized carbons (Fsp3) is 0. The lowest BCUT2D eigenvalue weighted by Crippen LogP contribution is -1.89. The van der Waals surface area contributed by atoms with Crippen LogP contribution in [-0.4, -0.2) is 0 Å². The van der Waals surface area contributed by atoms with Crippen LogP contribution in [0.25, 0.3) is 11.1 Å². The van der Waals surface area contributed by atoms with Gasteiger partial charge in [-0.05, 0) is 12.1 Å². The van der Waals surface area contributed by atoms with Gasteiger partial charge in [-0.25, -0.2) is 0 Å². The van der Waals surface area contributed by atoms with Crippen LogP contribution < -0.4 is 0 Å². The largest absolute Gasteiger partial charge is 0.0836 e. The average Bonchev–Trinajstić information content (AvgIpc) is 2.37. The lowest BCUT2D eigenvalue weighted by Gasteiger charge is -2.15. The first kappa shape index (κ1) is 15.9. The minimum atomic E-state index is 0.0882. The van der Waals surface area contributed by atoms with E-state index in [0.29, 0.717) is 21.2 Å². The molecule has 0 N–H and O–H groups in total. The van der Waals surface area contributed by atoms with Gasteiger partial charge in [0.25, 0.3) is 0 Å². The van der Waals surface area contributed by atoms with Crippen LogP contribution in [0.5, 0.6) is 0 Å². The van der Waals surface area contributed by atoms with E-state index in [0.717, 1.165) is 0 Å². The fourth-order valence-electron chi connectivity index (χ4n) is 1.56. The molecule has 100 valence electrons. The Hall–Kier alpha value is 0.470. The van der Waals surface area contributed by atoms with Crippen molar-refractivity contribution in [1.82, 2.24) is 0 Å². The van der Waals surface area contributed by atoms with Gasteiger partial charge < -0.3 is 0 Å². The van der Waals surface area contributed by atoms with Gasteiger partial charge in [0.2, 0.25) is 0 Å². The molecule has 0 saturated carbocycles. The molecule has 0 aliphatic heterocycles. The predicted octanol–water partition coefficient (Wildman–Crippen LogP) is 7.93. The van der Waals surface area contributed by atoms with Crippen molar-refractivity contribution in [2.45, 2.75) is 0 Å². The van der Waals surface area contributed by atoms with Gasteiger partial charge in [-0.2, -0.15) is 0 Å². The molecule has 0 saturated heterocycles. The molecule has 2 rings (SSSR count). The van der Waals surface area contributed by atoms with Gasteiger partial charge >= 0.3 is 0 Å². The lowest BCUT2D eigenvalue weighted by atomic mass is 10.1. The Morgan fingerprint density at radius 2 is 0.842 bits per heavy atom. The highest BCUT2D eigenvalue weighted by Crippen LogP contribution is 2.51. The molecular formula is C12H3Cl7. The third kappa shape index (κ3) is 2.78. The van der Waals surface area contributed by atoms with Crippen molar-refractivity contribution >= 4 is 81.2 Å². The van der Waals surface area contributed by atoms with Crippen LogP contribution in [0.4, 0.5) is 0 Å². The van der Waals surface area contributed by atoms with E-state index >= 15 is 0 Å². The topological polar surface area (TPSA) is 0 Å². The highest BCUT2D eigenvalue weighted by molar-refractivity contribution is 6.57. The third-order valence-electron chi connectivity index (χ3n) is 2.42. The Morgan fingerprint density at radius 1 is 0.474 bits per heavy atom. The van der Waals surface area contributed by atoms with Crippen molar-refractivity contribution in [1.29, 1.82) is 0 Å². The first-order chi connectivity index (χ1) is 8.86. The molecule has 0 unspecified atom stereocenters. The summed E-state index contributed by atoms with van der Waals surface area (Å²) < 4.78 is 0. The molecule has 0 atom stereocenters. The highest BCUT2D eigenvalue weighted by atomic mass is 35.5. The van der Waals surface area contributed by atoms with Crippen LogP contribution >= 0.6 is 81.2 Å². The summed E-state index contributed by atoms with van der Waals surface area (Å²) in [5, 5.41) is 1.35. The van der Waals surface area contributed by atoms with Crippen LogP contribution in [0.1, 0.15) is 0 Å². The normalized spacial score (nSPS) is 10.9. The minimum absolute atomic E-state index is 0.0882. The van der Waals surface area contributed by atoms with Gasteiger partial charge in [0.05, 0.1) is 25.1 Å². The summed E-state index contributed by atoms with van der Waals surface area (Å²) in [7, 11) is 0. The quantitative estimate of drug-likeness (QED) is 0.340. The van der Waals surface area contributed by atoms with E-state index in [2.05, 4.69) is 0 Å². The van der Waals surface area contributed by atoms with Crippen molar-refractivity contribution in [3.63, 3.8) is 0 Å². The van der Waals surface area contributed by atoms with E-state index in [1.54, 1.807) is 18.2 Å². The van der Waals surface area contributed by atoms with E-state index in [1.165, 1.54) is 0 Å². The van der Waals surface area contributed by atoms with Gasteiger partial charge in [0, 0.05) is 21.2 Å². The minimum Gasteiger partial charge on any atom is -0.0836 e. The standard InChI is InChI=1S/C12H3Cl7/c13-4-2-1-3-5(14)6(4)7-8(15)10(17)12(19)11(18)9(7)16/h1-3H. The molecule has 2 aromatic rings. The maximum atomic E-state index is 6.18. The van der Waals surface area contributed by atoms with Crippen LogP contribution in [0.3, 0.4) is 0 Å². The molecule has 0 spiro atoms. The van der Waals surface area contributed by atoms with E-state index in [-0.39, 0.29) is 25.1 Å². The van der Waals surface area contributed by atoms with E-state index in [4.69, 9.17) is 81.2 Å². The third-order valence-corrected chi connectivity index (χ3v) is 5.33. The number of benzene rings is 2. The monoisotopic (exact) mass is 392 g/mol. The molecule has 0 aromatic heterocycles. The van der Waals surface area contributed by atoms with Gasteiger partial charge in [0.15, 0.2) is 0 Å². The molecule has 0 nitrogen and oxygen atoms in total. The number of halogens is 7. The maximum Gasteiger partial charge on any atom is 0.0809 e. The zero-order valence-electron chi connectivity index (χ0n) is 8.88. The van der Waals surface area contributed by atoms with Gasteiger partial charge in [-0.1, -0.05) is 87.3 Å². The summed E-state index contributed by atoms with van der Waals surface area (Å²) in [6.45, 7) is 0. The Bertz CT molecular complexity index is 614. The molecule has 0 heterocycles. The van der Waals surface area contributed by atoms with E-state index < -0.39 is 0 Å². The smallest absolute Gasteiger partial charge is 0.0809 e. The van der Waals surface area contributed by atoms with E-state index in [9.17, 15) is 0 Å². The molecule has 0 radical (unpaired) electrons. The van der Waals surface area contributed by atoms with E-state index in [1.807, 2.05) is 0 Å². The predicted molar refractivity (Wildman–Crippen MR) is 86.9 cm³/mol.